The Balaban J connectivity index is 2.39. The summed E-state index contributed by atoms with van der Waals surface area (Å²) < 4.78 is 5.92. The summed E-state index contributed by atoms with van der Waals surface area (Å²) >= 11 is 0. The molecule has 1 nitrogen and oxygen atoms in total. The zero-order chi connectivity index (χ0) is 14.5. The molecule has 20 heavy (non-hydrogen) atoms. The van der Waals surface area contributed by atoms with Crippen LogP contribution >= 0.6 is 0 Å². The first-order valence-corrected chi connectivity index (χ1v) is 7.22. The summed E-state index contributed by atoms with van der Waals surface area (Å²) in [6.07, 6.45) is 1.89. The van der Waals surface area contributed by atoms with Gasteiger partial charge >= 0.3 is 0 Å². The fourth-order valence-corrected chi connectivity index (χ4v) is 2.35. The van der Waals surface area contributed by atoms with Crippen molar-refractivity contribution in [3.63, 3.8) is 0 Å². The van der Waals surface area contributed by atoms with Crippen molar-refractivity contribution < 1.29 is 4.74 Å². The van der Waals surface area contributed by atoms with Crippen LogP contribution in [0.3, 0.4) is 0 Å². The Morgan fingerprint density at radius 3 is 2.35 bits per heavy atom. The molecular formula is C19H23O. The number of rotatable bonds is 5. The topological polar surface area (TPSA) is 9.23 Å². The maximum absolute atomic E-state index is 5.92. The fourth-order valence-electron chi connectivity index (χ4n) is 2.35. The molecule has 0 aliphatic heterocycles. The molecule has 0 aromatic heterocycles. The van der Waals surface area contributed by atoms with Gasteiger partial charge in [-0.05, 0) is 55.5 Å². The first-order valence-electron chi connectivity index (χ1n) is 7.22. The predicted octanol–water partition coefficient (Wildman–Crippen LogP) is 5.27. The minimum atomic E-state index is 0.727. The summed E-state index contributed by atoms with van der Waals surface area (Å²) in [6.45, 7) is 11.1. The van der Waals surface area contributed by atoms with Crippen molar-refractivity contribution in [3.05, 3.63) is 60.0 Å². The molecule has 0 aliphatic carbocycles. The third-order valence-corrected chi connectivity index (χ3v) is 3.67. The van der Waals surface area contributed by atoms with Gasteiger partial charge in [0.2, 0.25) is 0 Å². The quantitative estimate of drug-likeness (QED) is 0.670. The second-order valence-corrected chi connectivity index (χ2v) is 5.30. The zero-order valence-electron chi connectivity index (χ0n) is 12.7. The van der Waals surface area contributed by atoms with Crippen molar-refractivity contribution in [2.75, 3.05) is 6.61 Å². The molecule has 0 heterocycles. The number of aryl methyl sites for hydroxylation is 3. The highest BCUT2D eigenvalue weighted by atomic mass is 16.5. The van der Waals surface area contributed by atoms with Gasteiger partial charge in [0.15, 0.2) is 0 Å². The molecule has 0 spiro atoms. The molecule has 0 fully saturated rings. The SMILES string of the molecule is [CH2]CCCOc1ccccc1-c1cc(C)c(C)cc1C. The first kappa shape index (κ1) is 14.6. The minimum absolute atomic E-state index is 0.727. The highest BCUT2D eigenvalue weighted by Gasteiger charge is 2.09. The minimum Gasteiger partial charge on any atom is -0.493 e. The Morgan fingerprint density at radius 1 is 0.900 bits per heavy atom. The highest BCUT2D eigenvalue weighted by molar-refractivity contribution is 5.74. The molecule has 2 aromatic carbocycles. The summed E-state index contributed by atoms with van der Waals surface area (Å²) in [6, 6.07) is 12.8. The standard InChI is InChI=1S/C19H23O/c1-5-6-11-20-19-10-8-7-9-17(19)18-13-15(3)14(2)12-16(18)4/h7-10,12-13H,1,5-6,11H2,2-4H3. The van der Waals surface area contributed by atoms with Gasteiger partial charge in [-0.15, -0.1) is 0 Å². The van der Waals surface area contributed by atoms with Crippen LogP contribution in [0.1, 0.15) is 29.5 Å². The lowest BCUT2D eigenvalue weighted by Gasteiger charge is -2.15. The normalized spacial score (nSPS) is 10.6. The van der Waals surface area contributed by atoms with E-state index in [1.54, 1.807) is 0 Å². The van der Waals surface area contributed by atoms with E-state index in [2.05, 4.69) is 52.0 Å². The maximum Gasteiger partial charge on any atom is 0.127 e. The molecule has 2 rings (SSSR count). The van der Waals surface area contributed by atoms with Crippen LogP contribution in [0.2, 0.25) is 0 Å². The van der Waals surface area contributed by atoms with Gasteiger partial charge in [0.1, 0.15) is 5.75 Å². The van der Waals surface area contributed by atoms with Crippen LogP contribution in [-0.2, 0) is 0 Å². The lowest BCUT2D eigenvalue weighted by Crippen LogP contribution is -1.99. The number of benzene rings is 2. The van der Waals surface area contributed by atoms with Crippen LogP contribution < -0.4 is 4.74 Å². The average Bonchev–Trinajstić information content (AvgIpc) is 2.44. The summed E-state index contributed by atoms with van der Waals surface area (Å²) in [7, 11) is 0. The molecule has 0 N–H and O–H groups in total. The van der Waals surface area contributed by atoms with Crippen molar-refractivity contribution in [2.24, 2.45) is 0 Å². The summed E-state index contributed by atoms with van der Waals surface area (Å²) in [5.41, 5.74) is 6.39. The van der Waals surface area contributed by atoms with Gasteiger partial charge < -0.3 is 4.74 Å². The third-order valence-electron chi connectivity index (χ3n) is 3.67. The second-order valence-electron chi connectivity index (χ2n) is 5.30. The Morgan fingerprint density at radius 2 is 1.60 bits per heavy atom. The van der Waals surface area contributed by atoms with Crippen molar-refractivity contribution in [3.8, 4) is 16.9 Å². The molecule has 0 atom stereocenters. The first-order chi connectivity index (χ1) is 9.63. The molecule has 0 amide bonds. The Kier molecular flexibility index (Phi) is 4.84. The van der Waals surface area contributed by atoms with Crippen LogP contribution in [0.5, 0.6) is 5.75 Å². The van der Waals surface area contributed by atoms with Crippen LogP contribution in [0.15, 0.2) is 36.4 Å². The van der Waals surface area contributed by atoms with E-state index in [0.717, 1.165) is 25.2 Å². The van der Waals surface area contributed by atoms with Crippen molar-refractivity contribution in [1.82, 2.24) is 0 Å². The molecule has 0 bridgehead atoms. The molecule has 105 valence electrons. The Hall–Kier alpha value is -1.76. The van der Waals surface area contributed by atoms with E-state index >= 15 is 0 Å². The summed E-state index contributed by atoms with van der Waals surface area (Å²) in [5.74, 6) is 0.965. The van der Waals surface area contributed by atoms with Gasteiger partial charge in [0, 0.05) is 5.56 Å². The zero-order valence-corrected chi connectivity index (χ0v) is 12.7. The average molecular weight is 267 g/mol. The molecule has 1 radical (unpaired) electrons. The highest BCUT2D eigenvalue weighted by Crippen LogP contribution is 2.33. The number of ether oxygens (including phenoxy) is 1. The van der Waals surface area contributed by atoms with Gasteiger partial charge in [0.05, 0.1) is 6.61 Å². The van der Waals surface area contributed by atoms with E-state index in [-0.39, 0.29) is 0 Å². The second kappa shape index (κ2) is 6.60. The molecule has 0 unspecified atom stereocenters. The smallest absolute Gasteiger partial charge is 0.127 e. The fraction of sp³-hybridized carbons (Fsp3) is 0.316. The van der Waals surface area contributed by atoms with Crippen LogP contribution in [-0.4, -0.2) is 6.61 Å². The Bertz CT molecular complexity index is 584. The molecule has 0 saturated heterocycles. The van der Waals surface area contributed by atoms with Crippen LogP contribution in [0.4, 0.5) is 0 Å². The van der Waals surface area contributed by atoms with Gasteiger partial charge in [0.25, 0.3) is 0 Å². The van der Waals surface area contributed by atoms with E-state index in [1.165, 1.54) is 27.8 Å². The van der Waals surface area contributed by atoms with E-state index in [1.807, 2.05) is 12.1 Å². The van der Waals surface area contributed by atoms with E-state index in [0.29, 0.717) is 0 Å². The van der Waals surface area contributed by atoms with E-state index in [4.69, 9.17) is 4.74 Å². The Labute approximate surface area is 122 Å². The number of hydrogen-bond donors (Lipinski definition) is 0. The van der Waals surface area contributed by atoms with Crippen LogP contribution in [0, 0.1) is 27.7 Å². The monoisotopic (exact) mass is 267 g/mol. The van der Waals surface area contributed by atoms with Gasteiger partial charge in [-0.1, -0.05) is 43.7 Å². The van der Waals surface area contributed by atoms with Crippen molar-refractivity contribution in [2.45, 2.75) is 33.6 Å². The molecule has 0 aliphatic rings. The lowest BCUT2D eigenvalue weighted by molar-refractivity contribution is 0.313. The largest absolute Gasteiger partial charge is 0.493 e. The summed E-state index contributed by atoms with van der Waals surface area (Å²) in [4.78, 5) is 0. The van der Waals surface area contributed by atoms with E-state index in [9.17, 15) is 0 Å². The van der Waals surface area contributed by atoms with Crippen LogP contribution in [0.25, 0.3) is 11.1 Å². The molecule has 2 aromatic rings. The molecule has 0 saturated carbocycles. The van der Waals surface area contributed by atoms with Gasteiger partial charge in [-0.25, -0.2) is 0 Å². The number of hydrogen-bond acceptors (Lipinski definition) is 1. The summed E-state index contributed by atoms with van der Waals surface area (Å²) in [5, 5.41) is 0. The van der Waals surface area contributed by atoms with Crippen molar-refractivity contribution in [1.29, 1.82) is 0 Å². The lowest BCUT2D eigenvalue weighted by atomic mass is 9.95. The van der Waals surface area contributed by atoms with Crippen molar-refractivity contribution >= 4 is 0 Å². The molecular weight excluding hydrogens is 244 g/mol. The maximum atomic E-state index is 5.92. The predicted molar refractivity (Wildman–Crippen MR) is 86.2 cm³/mol. The van der Waals surface area contributed by atoms with E-state index < -0.39 is 0 Å². The van der Waals surface area contributed by atoms with Gasteiger partial charge in [-0.3, -0.25) is 0 Å². The third kappa shape index (κ3) is 3.22. The van der Waals surface area contributed by atoms with Gasteiger partial charge in [-0.2, -0.15) is 0 Å². The number of unbranched alkanes of at least 4 members (excludes halogenated alkanes) is 1. The molecule has 1 heteroatoms. The number of para-hydroxylation sites is 1.